The van der Waals surface area contributed by atoms with E-state index < -0.39 is 11.1 Å². The Kier molecular flexibility index (Phi) is 5.05. The summed E-state index contributed by atoms with van der Waals surface area (Å²) in [7, 11) is 1.36. The molecule has 1 amide bonds. The number of ether oxygens (including phenoxy) is 1. The molecule has 0 fully saturated rings. The van der Waals surface area contributed by atoms with E-state index in [-0.39, 0.29) is 29.7 Å². The average Bonchev–Trinajstić information content (AvgIpc) is 2.76. The van der Waals surface area contributed by atoms with Crippen LogP contribution in [0.2, 0.25) is 0 Å². The highest BCUT2D eigenvalue weighted by Gasteiger charge is 2.37. The maximum Gasteiger partial charge on any atom is 0.318 e. The van der Waals surface area contributed by atoms with Crippen molar-refractivity contribution in [3.63, 3.8) is 0 Å². The molecule has 3 aromatic carbocycles. The molecule has 152 valence electrons. The van der Waals surface area contributed by atoms with Crippen molar-refractivity contribution < 1.29 is 18.8 Å². The number of amides is 1. The molecule has 0 bridgehead atoms. The number of halogens is 1. The first-order valence-electron chi connectivity index (χ1n) is 9.22. The molecular weight excluding hydrogens is 389 g/mol. The van der Waals surface area contributed by atoms with E-state index >= 15 is 0 Å². The van der Waals surface area contributed by atoms with E-state index in [4.69, 9.17) is 4.74 Å². The Labute approximate surface area is 171 Å². The van der Waals surface area contributed by atoms with Crippen LogP contribution in [0, 0.1) is 15.9 Å². The molecule has 8 heteroatoms. The Morgan fingerprint density at radius 3 is 2.53 bits per heavy atom. The molecule has 4 rings (SSSR count). The summed E-state index contributed by atoms with van der Waals surface area (Å²) in [6.07, 6.45) is -0.812. The van der Waals surface area contributed by atoms with Gasteiger partial charge < -0.3 is 15.0 Å². The quantitative estimate of drug-likeness (QED) is 0.497. The van der Waals surface area contributed by atoms with Gasteiger partial charge in [0.1, 0.15) is 12.0 Å². The number of nitro benzene ring substituents is 1. The zero-order chi connectivity index (χ0) is 21.3. The first-order chi connectivity index (χ1) is 14.5. The predicted molar refractivity (Wildman–Crippen MR) is 109 cm³/mol. The largest absolute Gasteiger partial charge is 0.490 e. The van der Waals surface area contributed by atoms with E-state index in [1.807, 2.05) is 0 Å². The monoisotopic (exact) mass is 407 g/mol. The molecule has 1 N–H and O–H groups in total. The van der Waals surface area contributed by atoms with Crippen LogP contribution in [0.3, 0.4) is 0 Å². The van der Waals surface area contributed by atoms with Crippen molar-refractivity contribution in [2.75, 3.05) is 12.4 Å². The second-order valence-corrected chi connectivity index (χ2v) is 6.81. The molecule has 7 nitrogen and oxygen atoms in total. The van der Waals surface area contributed by atoms with Crippen LogP contribution in [-0.2, 0) is 6.54 Å². The third-order valence-electron chi connectivity index (χ3n) is 5.02. The summed E-state index contributed by atoms with van der Waals surface area (Å²) in [6.45, 7) is 0.138. The highest BCUT2D eigenvalue weighted by Crippen LogP contribution is 2.41. The van der Waals surface area contributed by atoms with Gasteiger partial charge in [0.15, 0.2) is 5.75 Å². The Morgan fingerprint density at radius 1 is 1.10 bits per heavy atom. The number of anilines is 1. The van der Waals surface area contributed by atoms with Gasteiger partial charge >= 0.3 is 5.69 Å². The molecular formula is C22H18FN3O4. The second-order valence-electron chi connectivity index (χ2n) is 6.81. The van der Waals surface area contributed by atoms with Crippen LogP contribution in [0.25, 0.3) is 0 Å². The molecule has 1 unspecified atom stereocenters. The van der Waals surface area contributed by atoms with Crippen LogP contribution in [0.1, 0.15) is 27.7 Å². The molecule has 0 saturated heterocycles. The third kappa shape index (κ3) is 3.43. The van der Waals surface area contributed by atoms with Crippen LogP contribution < -0.4 is 10.1 Å². The van der Waals surface area contributed by atoms with Gasteiger partial charge in [-0.15, -0.1) is 0 Å². The van der Waals surface area contributed by atoms with E-state index in [1.165, 1.54) is 30.2 Å². The van der Waals surface area contributed by atoms with E-state index in [2.05, 4.69) is 5.32 Å². The van der Waals surface area contributed by atoms with Crippen molar-refractivity contribution in [2.45, 2.75) is 12.7 Å². The van der Waals surface area contributed by atoms with Gasteiger partial charge in [-0.25, -0.2) is 4.39 Å². The summed E-state index contributed by atoms with van der Waals surface area (Å²) < 4.78 is 18.5. The van der Waals surface area contributed by atoms with E-state index in [9.17, 15) is 19.3 Å². The molecule has 1 aliphatic heterocycles. The molecule has 1 atom stereocenters. The average molecular weight is 407 g/mol. The van der Waals surface area contributed by atoms with Gasteiger partial charge in [-0.05, 0) is 42.0 Å². The number of methoxy groups -OCH3 is 1. The number of nitrogens with one attached hydrogen (secondary N) is 1. The van der Waals surface area contributed by atoms with Gasteiger partial charge in [-0.3, -0.25) is 14.9 Å². The first-order valence-corrected chi connectivity index (χ1v) is 9.22. The molecule has 30 heavy (non-hydrogen) atoms. The third-order valence-corrected chi connectivity index (χ3v) is 5.02. The molecule has 0 aromatic heterocycles. The number of para-hydroxylation sites is 2. The highest BCUT2D eigenvalue weighted by molar-refractivity contribution is 6.01. The van der Waals surface area contributed by atoms with Crippen LogP contribution in [-0.4, -0.2) is 22.8 Å². The SMILES string of the molecule is COc1cccc(C2Nc3ccccc3C(=O)N2Cc2ccc(F)cc2)c1[N+](=O)[O-]. The number of nitro groups is 1. The van der Waals surface area contributed by atoms with E-state index in [0.717, 1.165) is 0 Å². The summed E-state index contributed by atoms with van der Waals surface area (Å²) in [6, 6.07) is 17.5. The number of carbonyl (C=O) groups excluding carboxylic acids is 1. The lowest BCUT2D eigenvalue weighted by Crippen LogP contribution is -2.42. The molecule has 0 aliphatic carbocycles. The Bertz CT molecular complexity index is 1120. The fourth-order valence-electron chi connectivity index (χ4n) is 3.61. The van der Waals surface area contributed by atoms with Crippen LogP contribution in [0.15, 0.2) is 66.7 Å². The minimum Gasteiger partial charge on any atom is -0.490 e. The van der Waals surface area contributed by atoms with Crippen LogP contribution in [0.4, 0.5) is 15.8 Å². The maximum atomic E-state index is 13.3. The number of hydrogen-bond donors (Lipinski definition) is 1. The van der Waals surface area contributed by atoms with Gasteiger partial charge in [0.25, 0.3) is 5.91 Å². The fraction of sp³-hybridized carbons (Fsp3) is 0.136. The number of benzene rings is 3. The maximum absolute atomic E-state index is 13.3. The van der Waals surface area contributed by atoms with Crippen molar-refractivity contribution >= 4 is 17.3 Å². The second kappa shape index (κ2) is 7.82. The zero-order valence-corrected chi connectivity index (χ0v) is 16.0. The Morgan fingerprint density at radius 2 is 1.83 bits per heavy atom. The minimum atomic E-state index is -0.812. The predicted octanol–water partition coefficient (Wildman–Crippen LogP) is 4.51. The lowest BCUT2D eigenvalue weighted by atomic mass is 10.0. The fourth-order valence-corrected chi connectivity index (χ4v) is 3.61. The minimum absolute atomic E-state index is 0.104. The molecule has 0 saturated carbocycles. The highest BCUT2D eigenvalue weighted by atomic mass is 19.1. The standard InChI is InChI=1S/C22H18FN3O4/c1-30-19-8-4-6-17(20(19)26(28)29)21-24-18-7-3-2-5-16(18)22(27)25(21)13-14-9-11-15(23)12-10-14/h2-12,21,24H,13H2,1H3. The van der Waals surface area contributed by atoms with E-state index in [0.29, 0.717) is 22.4 Å². The summed E-state index contributed by atoms with van der Waals surface area (Å²) >= 11 is 0. The smallest absolute Gasteiger partial charge is 0.318 e. The van der Waals surface area contributed by atoms with Gasteiger partial charge in [0, 0.05) is 12.2 Å². The zero-order valence-electron chi connectivity index (χ0n) is 16.0. The van der Waals surface area contributed by atoms with Crippen molar-refractivity contribution in [1.82, 2.24) is 4.90 Å². The Hall–Kier alpha value is -3.94. The van der Waals surface area contributed by atoms with Crippen molar-refractivity contribution in [2.24, 2.45) is 0 Å². The summed E-state index contributed by atoms with van der Waals surface area (Å²) in [5, 5.41) is 15.1. The van der Waals surface area contributed by atoms with Gasteiger partial charge in [0.05, 0.1) is 23.2 Å². The molecule has 1 heterocycles. The molecule has 0 spiro atoms. The first kappa shape index (κ1) is 19.4. The number of fused-ring (bicyclic) bond motifs is 1. The summed E-state index contributed by atoms with van der Waals surface area (Å²) in [4.78, 5) is 26.1. The molecule has 1 aliphatic rings. The van der Waals surface area contributed by atoms with Gasteiger partial charge in [-0.1, -0.05) is 30.3 Å². The number of carbonyl (C=O) groups is 1. The topological polar surface area (TPSA) is 84.7 Å². The molecule has 0 radical (unpaired) electrons. The number of rotatable bonds is 5. The van der Waals surface area contributed by atoms with Crippen LogP contribution in [0.5, 0.6) is 5.75 Å². The lowest BCUT2D eigenvalue weighted by molar-refractivity contribution is -0.386. The van der Waals surface area contributed by atoms with Gasteiger partial charge in [0.2, 0.25) is 0 Å². The summed E-state index contributed by atoms with van der Waals surface area (Å²) in [5.41, 5.74) is 1.82. The Balaban J connectivity index is 1.84. The van der Waals surface area contributed by atoms with Gasteiger partial charge in [-0.2, -0.15) is 0 Å². The normalized spacial score (nSPS) is 15.3. The lowest BCUT2D eigenvalue weighted by Gasteiger charge is -2.38. The summed E-state index contributed by atoms with van der Waals surface area (Å²) in [5.74, 6) is -0.560. The molecule has 3 aromatic rings. The number of hydrogen-bond acceptors (Lipinski definition) is 5. The van der Waals surface area contributed by atoms with E-state index in [1.54, 1.807) is 48.5 Å². The van der Waals surface area contributed by atoms with Crippen LogP contribution >= 0.6 is 0 Å². The van der Waals surface area contributed by atoms with Crippen molar-refractivity contribution in [3.05, 3.63) is 99.4 Å². The van der Waals surface area contributed by atoms with Crippen molar-refractivity contribution in [1.29, 1.82) is 0 Å². The number of nitrogens with zero attached hydrogens (tertiary/aromatic N) is 2. The van der Waals surface area contributed by atoms with Crippen molar-refractivity contribution in [3.8, 4) is 5.75 Å².